The van der Waals surface area contributed by atoms with Gasteiger partial charge < -0.3 is 5.11 Å². The number of nitrogens with zero attached hydrogens (tertiary/aromatic N) is 1. The van der Waals surface area contributed by atoms with Crippen molar-refractivity contribution in [2.45, 2.75) is 38.6 Å². The molecule has 1 unspecified atom stereocenters. The molecule has 1 aromatic rings. The van der Waals surface area contributed by atoms with Crippen LogP contribution in [0.3, 0.4) is 0 Å². The lowest BCUT2D eigenvalue weighted by Gasteiger charge is -2.37. The molecule has 0 amide bonds. The van der Waals surface area contributed by atoms with Gasteiger partial charge >= 0.3 is 0 Å². The van der Waals surface area contributed by atoms with Crippen LogP contribution < -0.4 is 0 Å². The average Bonchev–Trinajstić information content (AvgIpc) is 2.43. The van der Waals surface area contributed by atoms with Crippen molar-refractivity contribution in [2.24, 2.45) is 5.92 Å². The highest BCUT2D eigenvalue weighted by Gasteiger charge is 2.24. The first kappa shape index (κ1) is 13.6. The zero-order valence-corrected chi connectivity index (χ0v) is 11.4. The molecule has 18 heavy (non-hydrogen) atoms. The molecule has 2 heteroatoms. The van der Waals surface area contributed by atoms with E-state index in [-0.39, 0.29) is 0 Å². The molecule has 1 N–H and O–H groups in total. The smallest absolute Gasteiger partial charge is 0.0433 e. The second kappa shape index (κ2) is 6.91. The second-order valence-corrected chi connectivity index (χ2v) is 5.33. The summed E-state index contributed by atoms with van der Waals surface area (Å²) in [6, 6.07) is 11.4. The first-order valence-corrected chi connectivity index (χ1v) is 7.25. The van der Waals surface area contributed by atoms with Gasteiger partial charge in [0.05, 0.1) is 0 Å². The molecule has 1 aliphatic rings. The first-order valence-electron chi connectivity index (χ1n) is 7.25. The van der Waals surface area contributed by atoms with Crippen LogP contribution in [0.5, 0.6) is 0 Å². The molecule has 0 spiro atoms. The van der Waals surface area contributed by atoms with Gasteiger partial charge in [-0.3, -0.25) is 4.90 Å². The Morgan fingerprint density at radius 1 is 1.22 bits per heavy atom. The third-order valence-corrected chi connectivity index (χ3v) is 4.20. The van der Waals surface area contributed by atoms with Gasteiger partial charge in [-0.25, -0.2) is 0 Å². The zero-order valence-electron chi connectivity index (χ0n) is 11.4. The average molecular weight is 247 g/mol. The van der Waals surface area contributed by atoms with E-state index in [4.69, 9.17) is 5.11 Å². The standard InChI is InChI=1S/C16H25NO/c1-2-16(15-6-4-3-5-7-15)17-11-8-14(9-12-17)10-13-18/h3-7,14,16,18H,2,8-13H2,1H3. The Labute approximate surface area is 111 Å². The van der Waals surface area contributed by atoms with E-state index in [1.807, 2.05) is 0 Å². The fourth-order valence-corrected chi connectivity index (χ4v) is 3.12. The van der Waals surface area contributed by atoms with E-state index in [2.05, 4.69) is 42.2 Å². The summed E-state index contributed by atoms with van der Waals surface area (Å²) in [7, 11) is 0. The maximum Gasteiger partial charge on any atom is 0.0433 e. The fourth-order valence-electron chi connectivity index (χ4n) is 3.12. The predicted molar refractivity (Wildman–Crippen MR) is 75.5 cm³/mol. The summed E-state index contributed by atoms with van der Waals surface area (Å²) in [5.74, 6) is 0.736. The molecular formula is C16H25NO. The van der Waals surface area contributed by atoms with Gasteiger partial charge in [0, 0.05) is 12.6 Å². The Morgan fingerprint density at radius 2 is 1.89 bits per heavy atom. The molecule has 0 aliphatic carbocycles. The van der Waals surface area contributed by atoms with Crippen LogP contribution in [0.15, 0.2) is 30.3 Å². The Bertz CT molecular complexity index is 330. The van der Waals surface area contributed by atoms with Crippen molar-refractivity contribution >= 4 is 0 Å². The summed E-state index contributed by atoms with van der Waals surface area (Å²) in [5, 5.41) is 9.00. The van der Waals surface area contributed by atoms with Gasteiger partial charge in [-0.2, -0.15) is 0 Å². The van der Waals surface area contributed by atoms with Crippen molar-refractivity contribution in [2.75, 3.05) is 19.7 Å². The van der Waals surface area contributed by atoms with E-state index in [1.165, 1.54) is 37.9 Å². The van der Waals surface area contributed by atoms with Crippen molar-refractivity contribution in [1.82, 2.24) is 4.90 Å². The van der Waals surface area contributed by atoms with E-state index in [9.17, 15) is 0 Å². The van der Waals surface area contributed by atoms with Gasteiger partial charge in [0.2, 0.25) is 0 Å². The molecule has 2 rings (SSSR count). The summed E-state index contributed by atoms with van der Waals surface area (Å²) in [6.07, 6.45) is 4.64. The number of piperidine rings is 1. The molecule has 2 nitrogen and oxygen atoms in total. The largest absolute Gasteiger partial charge is 0.396 e. The number of benzene rings is 1. The number of hydrogen-bond donors (Lipinski definition) is 1. The van der Waals surface area contributed by atoms with Crippen LogP contribution in [-0.4, -0.2) is 29.7 Å². The molecular weight excluding hydrogens is 222 g/mol. The Kier molecular flexibility index (Phi) is 5.21. The maximum absolute atomic E-state index is 9.00. The highest BCUT2D eigenvalue weighted by Crippen LogP contribution is 2.29. The normalized spacial score (nSPS) is 19.9. The number of rotatable bonds is 5. The Morgan fingerprint density at radius 3 is 2.44 bits per heavy atom. The quantitative estimate of drug-likeness (QED) is 0.863. The van der Waals surface area contributed by atoms with E-state index >= 15 is 0 Å². The van der Waals surface area contributed by atoms with Crippen molar-refractivity contribution in [1.29, 1.82) is 0 Å². The molecule has 1 atom stereocenters. The molecule has 1 fully saturated rings. The summed E-state index contributed by atoms with van der Waals surface area (Å²) in [5.41, 5.74) is 1.45. The summed E-state index contributed by atoms with van der Waals surface area (Å²) in [6.45, 7) is 4.98. The lowest BCUT2D eigenvalue weighted by Crippen LogP contribution is -2.36. The third-order valence-electron chi connectivity index (χ3n) is 4.20. The molecule has 100 valence electrons. The molecule has 0 bridgehead atoms. The van der Waals surface area contributed by atoms with Crippen molar-refractivity contribution < 1.29 is 5.11 Å². The minimum absolute atomic E-state index is 0.348. The van der Waals surface area contributed by atoms with Crippen molar-refractivity contribution in [3.05, 3.63) is 35.9 Å². The minimum atomic E-state index is 0.348. The van der Waals surface area contributed by atoms with Crippen LogP contribution in [0.4, 0.5) is 0 Å². The predicted octanol–water partition coefficient (Wildman–Crippen LogP) is 3.23. The molecule has 1 heterocycles. The topological polar surface area (TPSA) is 23.5 Å². The van der Waals surface area contributed by atoms with Crippen LogP contribution in [0.2, 0.25) is 0 Å². The van der Waals surface area contributed by atoms with Crippen molar-refractivity contribution in [3.8, 4) is 0 Å². The molecule has 0 aromatic heterocycles. The lowest BCUT2D eigenvalue weighted by molar-refractivity contribution is 0.116. The zero-order chi connectivity index (χ0) is 12.8. The second-order valence-electron chi connectivity index (χ2n) is 5.33. The summed E-state index contributed by atoms with van der Waals surface area (Å²) < 4.78 is 0. The SMILES string of the molecule is CCC(c1ccccc1)N1CCC(CCO)CC1. The summed E-state index contributed by atoms with van der Waals surface area (Å²) in [4.78, 5) is 2.61. The van der Waals surface area contributed by atoms with Crippen LogP contribution in [0.25, 0.3) is 0 Å². The number of hydrogen-bond acceptors (Lipinski definition) is 2. The lowest BCUT2D eigenvalue weighted by atomic mass is 9.91. The first-order chi connectivity index (χ1) is 8.85. The highest BCUT2D eigenvalue weighted by molar-refractivity contribution is 5.19. The van der Waals surface area contributed by atoms with Crippen LogP contribution >= 0.6 is 0 Å². The molecule has 0 saturated carbocycles. The van der Waals surface area contributed by atoms with Gasteiger partial charge in [0.25, 0.3) is 0 Å². The third kappa shape index (κ3) is 3.33. The van der Waals surface area contributed by atoms with Gasteiger partial charge in [0.15, 0.2) is 0 Å². The highest BCUT2D eigenvalue weighted by atomic mass is 16.3. The van der Waals surface area contributed by atoms with Crippen LogP contribution in [-0.2, 0) is 0 Å². The van der Waals surface area contributed by atoms with E-state index in [0.717, 1.165) is 12.3 Å². The van der Waals surface area contributed by atoms with Crippen LogP contribution in [0.1, 0.15) is 44.2 Å². The fraction of sp³-hybridized carbons (Fsp3) is 0.625. The summed E-state index contributed by atoms with van der Waals surface area (Å²) >= 11 is 0. The number of aliphatic hydroxyl groups excluding tert-OH is 1. The maximum atomic E-state index is 9.00. The van der Waals surface area contributed by atoms with Gasteiger partial charge in [-0.05, 0) is 50.3 Å². The van der Waals surface area contributed by atoms with Gasteiger partial charge in [0.1, 0.15) is 0 Å². The van der Waals surface area contributed by atoms with Crippen molar-refractivity contribution in [3.63, 3.8) is 0 Å². The van der Waals surface area contributed by atoms with Gasteiger partial charge in [-0.1, -0.05) is 37.3 Å². The van der Waals surface area contributed by atoms with E-state index in [1.54, 1.807) is 0 Å². The van der Waals surface area contributed by atoms with Crippen LogP contribution in [0, 0.1) is 5.92 Å². The monoisotopic (exact) mass is 247 g/mol. The Balaban J connectivity index is 1.95. The number of likely N-dealkylation sites (tertiary alicyclic amines) is 1. The minimum Gasteiger partial charge on any atom is -0.396 e. The Hall–Kier alpha value is -0.860. The number of aliphatic hydroxyl groups is 1. The van der Waals surface area contributed by atoms with E-state index in [0.29, 0.717) is 12.6 Å². The van der Waals surface area contributed by atoms with Gasteiger partial charge in [-0.15, -0.1) is 0 Å². The molecule has 1 aromatic carbocycles. The molecule has 0 radical (unpaired) electrons. The van der Waals surface area contributed by atoms with E-state index < -0.39 is 0 Å². The molecule has 1 saturated heterocycles. The molecule has 1 aliphatic heterocycles.